The first-order valence-electron chi connectivity index (χ1n) is 8.05. The molecule has 0 saturated heterocycles. The SMILES string of the molecule is Cc1ccc(C(C)NC(=O)CC2Sc3ccc(Cl)cc3NC2=O)cc1. The molecule has 0 radical (unpaired) electrons. The van der Waals surface area contributed by atoms with Crippen LogP contribution < -0.4 is 10.6 Å². The minimum absolute atomic E-state index is 0.101. The fourth-order valence-corrected chi connectivity index (χ4v) is 3.93. The van der Waals surface area contributed by atoms with E-state index in [0.717, 1.165) is 10.5 Å². The first-order valence-corrected chi connectivity index (χ1v) is 9.31. The number of halogens is 1. The molecule has 0 aliphatic carbocycles. The summed E-state index contributed by atoms with van der Waals surface area (Å²) in [4.78, 5) is 25.5. The predicted molar refractivity (Wildman–Crippen MR) is 102 cm³/mol. The van der Waals surface area contributed by atoms with Crippen molar-refractivity contribution in [1.29, 1.82) is 0 Å². The highest BCUT2D eigenvalue weighted by atomic mass is 35.5. The molecule has 1 aliphatic rings. The third kappa shape index (κ3) is 4.35. The molecule has 0 saturated carbocycles. The van der Waals surface area contributed by atoms with Gasteiger partial charge in [-0.15, -0.1) is 11.8 Å². The molecule has 0 fully saturated rings. The molecule has 2 unspecified atom stereocenters. The lowest BCUT2D eigenvalue weighted by Gasteiger charge is -2.24. The number of carbonyl (C=O) groups excluding carboxylic acids is 2. The van der Waals surface area contributed by atoms with Crippen LogP contribution in [0.15, 0.2) is 47.4 Å². The summed E-state index contributed by atoms with van der Waals surface area (Å²) < 4.78 is 0. The number of nitrogens with one attached hydrogen (secondary N) is 2. The van der Waals surface area contributed by atoms with Gasteiger partial charge in [-0.2, -0.15) is 0 Å². The van der Waals surface area contributed by atoms with Gasteiger partial charge in [0.25, 0.3) is 0 Å². The Balaban J connectivity index is 1.62. The third-order valence-electron chi connectivity index (χ3n) is 4.09. The van der Waals surface area contributed by atoms with Crippen LogP contribution in [-0.2, 0) is 9.59 Å². The normalized spacial score (nSPS) is 17.4. The molecule has 2 amide bonds. The quantitative estimate of drug-likeness (QED) is 0.837. The van der Waals surface area contributed by atoms with E-state index in [2.05, 4.69) is 10.6 Å². The van der Waals surface area contributed by atoms with Crippen LogP contribution in [0.1, 0.15) is 30.5 Å². The van der Waals surface area contributed by atoms with Crippen molar-refractivity contribution >= 4 is 40.9 Å². The Morgan fingerprint density at radius 1 is 1.28 bits per heavy atom. The number of fused-ring (bicyclic) bond motifs is 1. The Kier molecular flexibility index (Phi) is 5.35. The molecule has 3 rings (SSSR count). The lowest BCUT2D eigenvalue weighted by atomic mass is 10.1. The van der Waals surface area contributed by atoms with Crippen LogP contribution >= 0.6 is 23.4 Å². The number of rotatable bonds is 4. The maximum atomic E-state index is 12.3. The second-order valence-corrected chi connectivity index (χ2v) is 7.82. The van der Waals surface area contributed by atoms with E-state index in [1.807, 2.05) is 44.2 Å². The van der Waals surface area contributed by atoms with Gasteiger partial charge in [0.2, 0.25) is 11.8 Å². The molecule has 2 aromatic rings. The van der Waals surface area contributed by atoms with Gasteiger partial charge in [-0.3, -0.25) is 9.59 Å². The summed E-state index contributed by atoms with van der Waals surface area (Å²) in [7, 11) is 0. The first kappa shape index (κ1) is 17.8. The summed E-state index contributed by atoms with van der Waals surface area (Å²) in [5.41, 5.74) is 2.92. The molecule has 130 valence electrons. The number of anilines is 1. The van der Waals surface area contributed by atoms with Gasteiger partial charge in [0.05, 0.1) is 17.0 Å². The molecule has 2 N–H and O–H groups in total. The molecular formula is C19H19ClN2O2S. The molecule has 0 bridgehead atoms. The molecule has 2 atom stereocenters. The highest BCUT2D eigenvalue weighted by molar-refractivity contribution is 8.01. The van der Waals surface area contributed by atoms with Crippen LogP contribution in [0, 0.1) is 6.92 Å². The van der Waals surface area contributed by atoms with E-state index in [9.17, 15) is 9.59 Å². The smallest absolute Gasteiger partial charge is 0.238 e. The Hall–Kier alpha value is -1.98. The van der Waals surface area contributed by atoms with Gasteiger partial charge in [0, 0.05) is 16.3 Å². The van der Waals surface area contributed by atoms with Crippen LogP contribution in [0.3, 0.4) is 0 Å². The van der Waals surface area contributed by atoms with Gasteiger partial charge in [-0.1, -0.05) is 41.4 Å². The van der Waals surface area contributed by atoms with Crippen molar-refractivity contribution in [2.45, 2.75) is 36.5 Å². The van der Waals surface area contributed by atoms with Crippen LogP contribution in [0.2, 0.25) is 5.02 Å². The number of thioether (sulfide) groups is 1. The standard InChI is InChI=1S/C19H19ClN2O2S/c1-11-3-5-13(6-4-11)12(2)21-18(23)10-17-19(24)22-15-9-14(20)7-8-16(15)25-17/h3-9,12,17H,10H2,1-2H3,(H,21,23)(H,22,24). The Morgan fingerprint density at radius 3 is 2.72 bits per heavy atom. The van der Waals surface area contributed by atoms with Crippen LogP contribution in [0.25, 0.3) is 0 Å². The molecule has 1 heterocycles. The van der Waals surface area contributed by atoms with E-state index in [1.165, 1.54) is 17.3 Å². The number of amides is 2. The first-order chi connectivity index (χ1) is 11.9. The van der Waals surface area contributed by atoms with E-state index < -0.39 is 5.25 Å². The average Bonchev–Trinajstić information content (AvgIpc) is 2.56. The number of benzene rings is 2. The zero-order valence-corrected chi connectivity index (χ0v) is 15.6. The lowest BCUT2D eigenvalue weighted by Crippen LogP contribution is -2.35. The number of hydrogen-bond donors (Lipinski definition) is 2. The maximum Gasteiger partial charge on any atom is 0.238 e. The van der Waals surface area contributed by atoms with E-state index in [1.54, 1.807) is 12.1 Å². The lowest BCUT2D eigenvalue weighted by molar-refractivity contribution is -0.124. The fraction of sp³-hybridized carbons (Fsp3) is 0.263. The van der Waals surface area contributed by atoms with Crippen molar-refractivity contribution < 1.29 is 9.59 Å². The number of hydrogen-bond acceptors (Lipinski definition) is 3. The molecule has 25 heavy (non-hydrogen) atoms. The maximum absolute atomic E-state index is 12.3. The molecule has 1 aliphatic heterocycles. The highest BCUT2D eigenvalue weighted by Crippen LogP contribution is 2.38. The van der Waals surface area contributed by atoms with Crippen molar-refractivity contribution in [2.75, 3.05) is 5.32 Å². The largest absolute Gasteiger partial charge is 0.350 e. The Labute approximate surface area is 156 Å². The van der Waals surface area contributed by atoms with Gasteiger partial charge in [-0.05, 0) is 37.6 Å². The Bertz CT molecular complexity index is 808. The van der Waals surface area contributed by atoms with E-state index in [4.69, 9.17) is 11.6 Å². The molecule has 6 heteroatoms. The molecule has 0 spiro atoms. The van der Waals surface area contributed by atoms with Crippen molar-refractivity contribution in [2.24, 2.45) is 0 Å². The van der Waals surface area contributed by atoms with Crippen molar-refractivity contribution in [3.8, 4) is 0 Å². The zero-order valence-electron chi connectivity index (χ0n) is 14.0. The average molecular weight is 375 g/mol. The van der Waals surface area contributed by atoms with E-state index >= 15 is 0 Å². The van der Waals surface area contributed by atoms with Gasteiger partial charge in [-0.25, -0.2) is 0 Å². The van der Waals surface area contributed by atoms with Crippen LogP contribution in [0.4, 0.5) is 5.69 Å². The molecule has 2 aromatic carbocycles. The van der Waals surface area contributed by atoms with E-state index in [-0.39, 0.29) is 24.3 Å². The summed E-state index contributed by atoms with van der Waals surface area (Å²) in [6, 6.07) is 13.3. The van der Waals surface area contributed by atoms with Gasteiger partial charge >= 0.3 is 0 Å². The summed E-state index contributed by atoms with van der Waals surface area (Å²) in [6.45, 7) is 3.96. The zero-order chi connectivity index (χ0) is 18.0. The second kappa shape index (κ2) is 7.50. The third-order valence-corrected chi connectivity index (χ3v) is 5.60. The van der Waals surface area contributed by atoms with Gasteiger partial charge < -0.3 is 10.6 Å². The second-order valence-electron chi connectivity index (χ2n) is 6.14. The van der Waals surface area contributed by atoms with Gasteiger partial charge in [0.1, 0.15) is 0 Å². The summed E-state index contributed by atoms with van der Waals surface area (Å²) in [6.07, 6.45) is 0.134. The van der Waals surface area contributed by atoms with Crippen LogP contribution in [-0.4, -0.2) is 17.1 Å². The van der Waals surface area contributed by atoms with Crippen molar-refractivity contribution in [1.82, 2.24) is 5.32 Å². The predicted octanol–water partition coefficient (Wildman–Crippen LogP) is 4.33. The summed E-state index contributed by atoms with van der Waals surface area (Å²) in [5, 5.41) is 5.91. The fourth-order valence-electron chi connectivity index (χ4n) is 2.66. The highest BCUT2D eigenvalue weighted by Gasteiger charge is 2.29. The summed E-state index contributed by atoms with van der Waals surface area (Å²) >= 11 is 7.34. The van der Waals surface area contributed by atoms with E-state index in [0.29, 0.717) is 10.7 Å². The summed E-state index contributed by atoms with van der Waals surface area (Å²) in [5.74, 6) is -0.309. The van der Waals surface area contributed by atoms with Crippen molar-refractivity contribution in [3.05, 3.63) is 58.6 Å². The molecular weight excluding hydrogens is 356 g/mol. The monoisotopic (exact) mass is 374 g/mol. The van der Waals surface area contributed by atoms with Crippen LogP contribution in [0.5, 0.6) is 0 Å². The number of aryl methyl sites for hydroxylation is 1. The topological polar surface area (TPSA) is 58.2 Å². The number of carbonyl (C=O) groups is 2. The Morgan fingerprint density at radius 2 is 2.00 bits per heavy atom. The molecule has 0 aromatic heterocycles. The minimum Gasteiger partial charge on any atom is -0.350 e. The van der Waals surface area contributed by atoms with Gasteiger partial charge in [0.15, 0.2) is 0 Å². The van der Waals surface area contributed by atoms with Crippen molar-refractivity contribution in [3.63, 3.8) is 0 Å². The minimum atomic E-state index is -0.445. The molecule has 4 nitrogen and oxygen atoms in total.